The fourth-order valence-corrected chi connectivity index (χ4v) is 2.75. The van der Waals surface area contributed by atoms with Gasteiger partial charge >= 0.3 is 6.03 Å². The van der Waals surface area contributed by atoms with Crippen molar-refractivity contribution < 1.29 is 9.90 Å². The van der Waals surface area contributed by atoms with Gasteiger partial charge in [0.25, 0.3) is 0 Å². The predicted octanol–water partition coefficient (Wildman–Crippen LogP) is 3.21. The lowest BCUT2D eigenvalue weighted by molar-refractivity contribution is 0.117. The first-order valence-corrected chi connectivity index (χ1v) is 8.64. The SMILES string of the molecule is CC(C)C(O)CCNC(=O)Nc1ccc(N2CCCCC2)cc1. The summed E-state index contributed by atoms with van der Waals surface area (Å²) in [5.74, 6) is 0.210. The van der Waals surface area contributed by atoms with E-state index in [-0.39, 0.29) is 18.1 Å². The Morgan fingerprint density at radius 2 is 1.83 bits per heavy atom. The second-order valence-corrected chi connectivity index (χ2v) is 6.58. The molecule has 0 radical (unpaired) electrons. The van der Waals surface area contributed by atoms with E-state index in [4.69, 9.17) is 0 Å². The number of carbonyl (C=O) groups is 1. The van der Waals surface area contributed by atoms with Gasteiger partial charge in [-0.1, -0.05) is 13.8 Å². The topological polar surface area (TPSA) is 64.6 Å². The van der Waals surface area contributed by atoms with Crippen LogP contribution in [0.2, 0.25) is 0 Å². The maximum atomic E-state index is 11.8. The molecule has 1 atom stereocenters. The van der Waals surface area contributed by atoms with Crippen LogP contribution in [0.4, 0.5) is 16.2 Å². The number of anilines is 2. The lowest BCUT2D eigenvalue weighted by atomic mass is 10.0. The van der Waals surface area contributed by atoms with E-state index >= 15 is 0 Å². The van der Waals surface area contributed by atoms with Gasteiger partial charge in [-0.25, -0.2) is 4.79 Å². The number of nitrogens with one attached hydrogen (secondary N) is 2. The van der Waals surface area contributed by atoms with Crippen LogP contribution in [0.15, 0.2) is 24.3 Å². The van der Waals surface area contributed by atoms with Crippen LogP contribution in [0.3, 0.4) is 0 Å². The Hall–Kier alpha value is -1.75. The molecule has 1 aliphatic rings. The summed E-state index contributed by atoms with van der Waals surface area (Å²) < 4.78 is 0. The van der Waals surface area contributed by atoms with Gasteiger partial charge in [-0.05, 0) is 55.9 Å². The zero-order valence-electron chi connectivity index (χ0n) is 14.2. The Morgan fingerprint density at radius 1 is 1.17 bits per heavy atom. The van der Waals surface area contributed by atoms with Crippen molar-refractivity contribution in [2.45, 2.75) is 45.6 Å². The molecule has 0 bridgehead atoms. The van der Waals surface area contributed by atoms with Gasteiger partial charge < -0.3 is 20.6 Å². The molecule has 0 spiro atoms. The van der Waals surface area contributed by atoms with Crippen molar-refractivity contribution in [3.63, 3.8) is 0 Å². The first-order valence-electron chi connectivity index (χ1n) is 8.64. The van der Waals surface area contributed by atoms with Gasteiger partial charge in [0, 0.05) is 31.0 Å². The number of hydrogen-bond acceptors (Lipinski definition) is 3. The van der Waals surface area contributed by atoms with E-state index in [2.05, 4.69) is 27.7 Å². The summed E-state index contributed by atoms with van der Waals surface area (Å²) >= 11 is 0. The third-order valence-corrected chi connectivity index (χ3v) is 4.34. The molecule has 1 aliphatic heterocycles. The van der Waals surface area contributed by atoms with E-state index in [1.165, 1.54) is 24.9 Å². The monoisotopic (exact) mass is 319 g/mol. The molecule has 0 aromatic heterocycles. The maximum Gasteiger partial charge on any atom is 0.319 e. The van der Waals surface area contributed by atoms with Crippen LogP contribution in [0.5, 0.6) is 0 Å². The molecule has 5 nitrogen and oxygen atoms in total. The molecule has 1 heterocycles. The fourth-order valence-electron chi connectivity index (χ4n) is 2.75. The Morgan fingerprint density at radius 3 is 2.43 bits per heavy atom. The van der Waals surface area contributed by atoms with Gasteiger partial charge in [0.1, 0.15) is 0 Å². The highest BCUT2D eigenvalue weighted by molar-refractivity contribution is 5.89. The van der Waals surface area contributed by atoms with E-state index in [1.54, 1.807) is 0 Å². The molecular weight excluding hydrogens is 290 g/mol. The normalized spacial score (nSPS) is 16.3. The molecular formula is C18H29N3O2. The minimum absolute atomic E-state index is 0.210. The van der Waals surface area contributed by atoms with Crippen molar-refractivity contribution in [3.05, 3.63) is 24.3 Å². The number of urea groups is 1. The third kappa shape index (κ3) is 5.75. The van der Waals surface area contributed by atoms with Gasteiger partial charge in [-0.15, -0.1) is 0 Å². The van der Waals surface area contributed by atoms with Gasteiger partial charge in [-0.3, -0.25) is 0 Å². The quantitative estimate of drug-likeness (QED) is 0.754. The zero-order valence-corrected chi connectivity index (χ0v) is 14.2. The highest BCUT2D eigenvalue weighted by atomic mass is 16.3. The first-order chi connectivity index (χ1) is 11.1. The first kappa shape index (κ1) is 17.6. The van der Waals surface area contributed by atoms with Gasteiger partial charge in [0.15, 0.2) is 0 Å². The smallest absolute Gasteiger partial charge is 0.319 e. The second-order valence-electron chi connectivity index (χ2n) is 6.58. The molecule has 1 saturated heterocycles. The summed E-state index contributed by atoms with van der Waals surface area (Å²) in [5.41, 5.74) is 2.00. The van der Waals surface area contributed by atoms with Gasteiger partial charge in [0.05, 0.1) is 6.10 Å². The Bertz CT molecular complexity index is 482. The summed E-state index contributed by atoms with van der Waals surface area (Å²) in [4.78, 5) is 14.2. The summed E-state index contributed by atoms with van der Waals surface area (Å²) in [6, 6.07) is 7.76. The summed E-state index contributed by atoms with van der Waals surface area (Å²) in [6.45, 7) is 6.64. The number of aliphatic hydroxyl groups excluding tert-OH is 1. The molecule has 1 fully saturated rings. The molecule has 0 aliphatic carbocycles. The molecule has 0 saturated carbocycles. The van der Waals surface area contributed by atoms with E-state index in [9.17, 15) is 9.90 Å². The Kier molecular flexibility index (Phi) is 6.71. The van der Waals surface area contributed by atoms with E-state index in [1.807, 2.05) is 26.0 Å². The molecule has 2 rings (SSSR count). The van der Waals surface area contributed by atoms with Crippen LogP contribution < -0.4 is 15.5 Å². The summed E-state index contributed by atoms with van der Waals surface area (Å²) in [6.07, 6.45) is 4.02. The minimum Gasteiger partial charge on any atom is -0.393 e. The lowest BCUT2D eigenvalue weighted by Crippen LogP contribution is -2.32. The second kappa shape index (κ2) is 8.77. The van der Waals surface area contributed by atoms with Crippen LogP contribution in [0.1, 0.15) is 39.5 Å². The highest BCUT2D eigenvalue weighted by Gasteiger charge is 2.11. The summed E-state index contributed by atoms with van der Waals surface area (Å²) in [5, 5.41) is 15.3. The maximum absolute atomic E-state index is 11.8. The van der Waals surface area contributed by atoms with Crippen molar-refractivity contribution in [3.8, 4) is 0 Å². The van der Waals surface area contributed by atoms with Crippen LogP contribution >= 0.6 is 0 Å². The number of rotatable bonds is 6. The summed E-state index contributed by atoms with van der Waals surface area (Å²) in [7, 11) is 0. The molecule has 1 aromatic rings. The highest BCUT2D eigenvalue weighted by Crippen LogP contribution is 2.21. The molecule has 5 heteroatoms. The van der Waals surface area contributed by atoms with Crippen LogP contribution in [0.25, 0.3) is 0 Å². The number of amides is 2. The molecule has 1 aromatic carbocycles. The number of hydrogen-bond donors (Lipinski definition) is 3. The number of carbonyl (C=O) groups excluding carboxylic acids is 1. The molecule has 3 N–H and O–H groups in total. The van der Waals surface area contributed by atoms with Crippen molar-refractivity contribution in [2.75, 3.05) is 29.9 Å². The van der Waals surface area contributed by atoms with E-state index in [0.717, 1.165) is 18.8 Å². The average molecular weight is 319 g/mol. The number of piperidine rings is 1. The molecule has 23 heavy (non-hydrogen) atoms. The number of aliphatic hydroxyl groups is 1. The van der Waals surface area contributed by atoms with Crippen molar-refractivity contribution in [2.24, 2.45) is 5.92 Å². The Balaban J connectivity index is 1.75. The number of nitrogens with zero attached hydrogens (tertiary/aromatic N) is 1. The third-order valence-electron chi connectivity index (χ3n) is 4.34. The van der Waals surface area contributed by atoms with Crippen LogP contribution in [-0.2, 0) is 0 Å². The molecule has 128 valence electrons. The molecule has 1 unspecified atom stereocenters. The van der Waals surface area contributed by atoms with Crippen LogP contribution in [0, 0.1) is 5.92 Å². The lowest BCUT2D eigenvalue weighted by Gasteiger charge is -2.28. The van der Waals surface area contributed by atoms with Gasteiger partial charge in [0.2, 0.25) is 0 Å². The number of benzene rings is 1. The van der Waals surface area contributed by atoms with Crippen molar-refractivity contribution in [1.82, 2.24) is 5.32 Å². The van der Waals surface area contributed by atoms with Crippen LogP contribution in [-0.4, -0.2) is 36.9 Å². The Labute approximate surface area is 139 Å². The average Bonchev–Trinajstić information content (AvgIpc) is 2.56. The fraction of sp³-hybridized carbons (Fsp3) is 0.611. The largest absolute Gasteiger partial charge is 0.393 e. The van der Waals surface area contributed by atoms with Crippen molar-refractivity contribution in [1.29, 1.82) is 0 Å². The predicted molar refractivity (Wildman–Crippen MR) is 95.0 cm³/mol. The molecule has 2 amide bonds. The van der Waals surface area contributed by atoms with E-state index < -0.39 is 0 Å². The zero-order chi connectivity index (χ0) is 16.7. The van der Waals surface area contributed by atoms with Crippen molar-refractivity contribution >= 4 is 17.4 Å². The van der Waals surface area contributed by atoms with Gasteiger partial charge in [-0.2, -0.15) is 0 Å². The van der Waals surface area contributed by atoms with E-state index in [0.29, 0.717) is 13.0 Å². The standard InChI is InChI=1S/C18H29N3O2/c1-14(2)17(22)10-11-19-18(23)20-15-6-8-16(9-7-15)21-12-4-3-5-13-21/h6-9,14,17,22H,3-5,10-13H2,1-2H3,(H2,19,20,23). The minimum atomic E-state index is -0.376.